The summed E-state index contributed by atoms with van der Waals surface area (Å²) < 4.78 is 0. The van der Waals surface area contributed by atoms with Crippen molar-refractivity contribution in [3.8, 4) is 5.75 Å². The topological polar surface area (TPSA) is 52.2 Å². The zero-order valence-electron chi connectivity index (χ0n) is 13.1. The highest BCUT2D eigenvalue weighted by Gasteiger charge is 2.32. The molecule has 0 bridgehead atoms. The van der Waals surface area contributed by atoms with Crippen molar-refractivity contribution < 1.29 is 9.90 Å². The summed E-state index contributed by atoms with van der Waals surface area (Å²) in [7, 11) is 0. The molecule has 2 aliphatic rings. The Morgan fingerprint density at radius 2 is 1.50 bits per heavy atom. The summed E-state index contributed by atoms with van der Waals surface area (Å²) in [6, 6.07) is 7.06. The van der Waals surface area contributed by atoms with Gasteiger partial charge in [-0.3, -0.25) is 9.90 Å². The van der Waals surface area contributed by atoms with Gasteiger partial charge in [0.2, 0.25) is 0 Å². The molecule has 1 saturated heterocycles. The van der Waals surface area contributed by atoms with Crippen LogP contribution in [0.15, 0.2) is 24.3 Å². The van der Waals surface area contributed by atoms with Crippen LogP contribution in [0.3, 0.4) is 0 Å². The van der Waals surface area contributed by atoms with Gasteiger partial charge in [0.25, 0.3) is 5.91 Å². The van der Waals surface area contributed by atoms with E-state index in [4.69, 9.17) is 0 Å². The Morgan fingerprint density at radius 1 is 0.909 bits per heavy atom. The number of nitrogens with one attached hydrogen (secondary N) is 1. The molecule has 22 heavy (non-hydrogen) atoms. The second kappa shape index (κ2) is 7.14. The molecule has 1 aromatic rings. The molecule has 119 valence electrons. The minimum Gasteiger partial charge on any atom is -0.333 e. The van der Waals surface area contributed by atoms with Gasteiger partial charge < -0.3 is 10.2 Å². The van der Waals surface area contributed by atoms with Crippen LogP contribution in [0, 0.1) is 0 Å². The highest BCUT2D eigenvalue weighted by atomic mass is 16.3. The van der Waals surface area contributed by atoms with Crippen LogP contribution < -0.4 is 5.32 Å². The lowest BCUT2D eigenvalue weighted by Gasteiger charge is -2.42. The first-order chi connectivity index (χ1) is 10.8. The van der Waals surface area contributed by atoms with E-state index in [1.165, 1.54) is 31.4 Å². The van der Waals surface area contributed by atoms with E-state index in [1.807, 2.05) is 0 Å². The fourth-order valence-electron chi connectivity index (χ4n) is 3.82. The molecule has 1 radical (unpaired) electrons. The fraction of sp³-hybridized carbons (Fsp3) is 0.611. The van der Waals surface area contributed by atoms with Crippen molar-refractivity contribution in [2.24, 2.45) is 0 Å². The number of amides is 1. The van der Waals surface area contributed by atoms with Crippen molar-refractivity contribution in [2.75, 3.05) is 13.1 Å². The van der Waals surface area contributed by atoms with Gasteiger partial charge in [0.05, 0.1) is 0 Å². The number of nitrogens with zero attached hydrogens (tertiary/aromatic N) is 1. The normalized spacial score (nSPS) is 20.7. The van der Waals surface area contributed by atoms with Crippen LogP contribution >= 0.6 is 0 Å². The third kappa shape index (κ3) is 3.43. The van der Waals surface area contributed by atoms with Crippen molar-refractivity contribution in [1.29, 1.82) is 0 Å². The highest BCUT2D eigenvalue weighted by molar-refractivity contribution is 5.94. The molecule has 4 heteroatoms. The molecule has 1 aliphatic heterocycles. The largest absolute Gasteiger partial charge is 0.333 e. The zero-order chi connectivity index (χ0) is 15.4. The highest BCUT2D eigenvalue weighted by Crippen LogP contribution is 2.28. The smallest absolute Gasteiger partial charge is 0.254 e. The second-order valence-corrected chi connectivity index (χ2v) is 6.51. The first kappa shape index (κ1) is 15.3. The SMILES string of the molecule is [O]c1ccc(C(=O)N(C2CCCCC2)C2CCNCC2)cc1. The molecule has 1 amide bonds. The summed E-state index contributed by atoms with van der Waals surface area (Å²) in [6.07, 6.45) is 8.03. The minimum atomic E-state index is -0.0392. The van der Waals surface area contributed by atoms with Gasteiger partial charge in [-0.2, -0.15) is 0 Å². The molecule has 3 rings (SSSR count). The third-order valence-electron chi connectivity index (χ3n) is 5.01. The summed E-state index contributed by atoms with van der Waals surface area (Å²) in [5.41, 5.74) is 0.656. The van der Waals surface area contributed by atoms with Crippen LogP contribution in [0.25, 0.3) is 0 Å². The first-order valence-corrected chi connectivity index (χ1v) is 8.56. The van der Waals surface area contributed by atoms with E-state index in [9.17, 15) is 9.90 Å². The standard InChI is InChI=1S/C18H25N2O2/c21-17-8-6-14(7-9-17)18(22)20(15-4-2-1-3-5-15)16-10-12-19-13-11-16/h6-9,15-16,19H,1-5,10-13H2. The molecular formula is C18H25N2O2. The van der Waals surface area contributed by atoms with Crippen LogP contribution in [-0.2, 0) is 5.11 Å². The van der Waals surface area contributed by atoms with Gasteiger partial charge in [0.15, 0.2) is 5.75 Å². The molecule has 1 heterocycles. The van der Waals surface area contributed by atoms with E-state index in [-0.39, 0.29) is 11.7 Å². The maximum absolute atomic E-state index is 13.1. The average Bonchev–Trinajstić information content (AvgIpc) is 2.57. The quantitative estimate of drug-likeness (QED) is 0.930. The molecule has 1 saturated carbocycles. The van der Waals surface area contributed by atoms with E-state index in [0.717, 1.165) is 38.8 Å². The van der Waals surface area contributed by atoms with Gasteiger partial charge in [-0.25, -0.2) is 0 Å². The molecule has 1 aromatic carbocycles. The Balaban J connectivity index is 1.82. The molecule has 0 spiro atoms. The summed E-state index contributed by atoms with van der Waals surface area (Å²) in [5.74, 6) is 0.0708. The van der Waals surface area contributed by atoms with Gasteiger partial charge in [-0.05, 0) is 63.0 Å². The lowest BCUT2D eigenvalue weighted by Crippen LogP contribution is -2.51. The number of carbonyl (C=O) groups excluding carboxylic acids is 1. The molecule has 1 aliphatic carbocycles. The van der Waals surface area contributed by atoms with Crippen LogP contribution in [0.1, 0.15) is 55.3 Å². The van der Waals surface area contributed by atoms with Crippen LogP contribution in [0.4, 0.5) is 0 Å². The van der Waals surface area contributed by atoms with Crippen LogP contribution in [-0.4, -0.2) is 36.0 Å². The summed E-state index contributed by atoms with van der Waals surface area (Å²) >= 11 is 0. The lowest BCUT2D eigenvalue weighted by atomic mass is 9.90. The van der Waals surface area contributed by atoms with Crippen LogP contribution in [0.2, 0.25) is 0 Å². The summed E-state index contributed by atoms with van der Waals surface area (Å²) in [4.78, 5) is 15.2. The van der Waals surface area contributed by atoms with Crippen molar-refractivity contribution in [3.05, 3.63) is 29.8 Å². The minimum absolute atomic E-state index is 0.0392. The van der Waals surface area contributed by atoms with E-state index in [2.05, 4.69) is 10.2 Å². The molecule has 0 atom stereocenters. The zero-order valence-corrected chi connectivity index (χ0v) is 13.1. The Kier molecular flexibility index (Phi) is 4.98. The average molecular weight is 301 g/mol. The summed E-state index contributed by atoms with van der Waals surface area (Å²) in [5, 5.41) is 14.7. The van der Waals surface area contributed by atoms with Gasteiger partial charge in [-0.15, -0.1) is 0 Å². The number of benzene rings is 1. The van der Waals surface area contributed by atoms with Crippen molar-refractivity contribution in [3.63, 3.8) is 0 Å². The Labute approximate surface area is 132 Å². The molecule has 4 nitrogen and oxygen atoms in total. The van der Waals surface area contributed by atoms with E-state index < -0.39 is 0 Å². The lowest BCUT2D eigenvalue weighted by molar-refractivity contribution is 0.0460. The van der Waals surface area contributed by atoms with Crippen molar-refractivity contribution in [2.45, 2.75) is 57.0 Å². The van der Waals surface area contributed by atoms with Gasteiger partial charge in [0, 0.05) is 17.6 Å². The van der Waals surface area contributed by atoms with Gasteiger partial charge >= 0.3 is 0 Å². The van der Waals surface area contributed by atoms with Crippen molar-refractivity contribution >= 4 is 5.91 Å². The maximum atomic E-state index is 13.1. The van der Waals surface area contributed by atoms with Crippen molar-refractivity contribution in [1.82, 2.24) is 10.2 Å². The van der Waals surface area contributed by atoms with Crippen LogP contribution in [0.5, 0.6) is 5.75 Å². The number of hydrogen-bond acceptors (Lipinski definition) is 2. The molecule has 2 fully saturated rings. The Hall–Kier alpha value is -1.55. The molecule has 1 N–H and O–H groups in total. The molecular weight excluding hydrogens is 276 g/mol. The summed E-state index contributed by atoms with van der Waals surface area (Å²) in [6.45, 7) is 1.97. The monoisotopic (exact) mass is 301 g/mol. The van der Waals surface area contributed by atoms with E-state index >= 15 is 0 Å². The Bertz CT molecular complexity index is 470. The number of piperidine rings is 1. The molecule has 0 aromatic heterocycles. The maximum Gasteiger partial charge on any atom is 0.254 e. The van der Waals surface area contributed by atoms with Gasteiger partial charge in [0.1, 0.15) is 0 Å². The fourth-order valence-corrected chi connectivity index (χ4v) is 3.82. The third-order valence-corrected chi connectivity index (χ3v) is 5.01. The number of rotatable bonds is 3. The second-order valence-electron chi connectivity index (χ2n) is 6.51. The first-order valence-electron chi connectivity index (χ1n) is 8.56. The van der Waals surface area contributed by atoms with Gasteiger partial charge in [-0.1, -0.05) is 19.3 Å². The number of hydrogen-bond donors (Lipinski definition) is 1. The number of carbonyl (C=O) groups is 1. The van der Waals surface area contributed by atoms with E-state index in [0.29, 0.717) is 17.6 Å². The predicted octanol–water partition coefficient (Wildman–Crippen LogP) is 3.36. The Morgan fingerprint density at radius 3 is 2.14 bits per heavy atom. The molecule has 0 unspecified atom stereocenters. The predicted molar refractivity (Wildman–Crippen MR) is 85.5 cm³/mol. The van der Waals surface area contributed by atoms with E-state index in [1.54, 1.807) is 12.1 Å².